The third-order valence-corrected chi connectivity index (χ3v) is 4.10. The Hall–Kier alpha value is 0.540. The van der Waals surface area contributed by atoms with Crippen LogP contribution < -0.4 is 5.32 Å². The topological polar surface area (TPSA) is 12.0 Å². The molecular formula is C13H27Cl2N. The van der Waals surface area contributed by atoms with Crippen LogP contribution in [-0.4, -0.2) is 23.8 Å². The van der Waals surface area contributed by atoms with Crippen LogP contribution in [0.25, 0.3) is 0 Å². The van der Waals surface area contributed by atoms with Crippen LogP contribution in [0.2, 0.25) is 0 Å². The lowest BCUT2D eigenvalue weighted by atomic mass is 10.1. The first-order valence-corrected chi connectivity index (χ1v) is 7.62. The van der Waals surface area contributed by atoms with Crippen LogP contribution in [0.3, 0.4) is 0 Å². The van der Waals surface area contributed by atoms with Crippen LogP contribution >= 0.6 is 23.2 Å². The third kappa shape index (κ3) is 8.66. The van der Waals surface area contributed by atoms with Gasteiger partial charge >= 0.3 is 0 Å². The molecule has 0 saturated heterocycles. The lowest BCUT2D eigenvalue weighted by Gasteiger charge is -2.25. The fourth-order valence-corrected chi connectivity index (χ4v) is 2.08. The van der Waals surface area contributed by atoms with Crippen LogP contribution in [0, 0.1) is 0 Å². The van der Waals surface area contributed by atoms with Crippen LogP contribution in [0.15, 0.2) is 0 Å². The van der Waals surface area contributed by atoms with Crippen LogP contribution in [0.4, 0.5) is 0 Å². The molecule has 0 aromatic heterocycles. The van der Waals surface area contributed by atoms with Crippen molar-refractivity contribution in [1.82, 2.24) is 5.32 Å². The van der Waals surface area contributed by atoms with E-state index in [2.05, 4.69) is 19.2 Å². The van der Waals surface area contributed by atoms with E-state index in [4.69, 9.17) is 23.2 Å². The normalized spacial score (nSPS) is 12.0. The number of nitrogens with one attached hydrogen (secondary N) is 1. The zero-order chi connectivity index (χ0) is 12.3. The summed E-state index contributed by atoms with van der Waals surface area (Å²) >= 11 is 11.7. The highest BCUT2D eigenvalue weighted by molar-refractivity contribution is 6.22. The van der Waals surface area contributed by atoms with Gasteiger partial charge in [-0.1, -0.05) is 45.4 Å². The lowest BCUT2D eigenvalue weighted by Crippen LogP contribution is -2.46. The fraction of sp³-hybridized carbons (Fsp3) is 1.00. The molecule has 0 rings (SSSR count). The molecule has 1 N–H and O–H groups in total. The molecule has 0 atom stereocenters. The van der Waals surface area contributed by atoms with Crippen LogP contribution in [0.1, 0.15) is 58.8 Å². The lowest BCUT2D eigenvalue weighted by molar-refractivity contribution is 0.424. The van der Waals surface area contributed by atoms with Gasteiger partial charge in [0.2, 0.25) is 0 Å². The Kier molecular flexibility index (Phi) is 11.0. The maximum atomic E-state index is 5.86. The van der Waals surface area contributed by atoms with Gasteiger partial charge in [-0.15, -0.1) is 23.2 Å². The monoisotopic (exact) mass is 267 g/mol. The number of rotatable bonds is 11. The molecule has 1 nitrogen and oxygen atoms in total. The second kappa shape index (κ2) is 10.7. The van der Waals surface area contributed by atoms with Crippen LogP contribution in [0.5, 0.6) is 0 Å². The van der Waals surface area contributed by atoms with Crippen molar-refractivity contribution in [2.75, 3.05) is 18.3 Å². The van der Waals surface area contributed by atoms with E-state index >= 15 is 0 Å². The van der Waals surface area contributed by atoms with Gasteiger partial charge in [0, 0.05) is 17.3 Å². The summed E-state index contributed by atoms with van der Waals surface area (Å²) in [6, 6.07) is 0. The maximum absolute atomic E-state index is 5.86. The van der Waals surface area contributed by atoms with Crippen molar-refractivity contribution in [3.05, 3.63) is 0 Å². The molecule has 0 aliphatic heterocycles. The zero-order valence-electron chi connectivity index (χ0n) is 10.8. The van der Waals surface area contributed by atoms with Crippen molar-refractivity contribution in [2.45, 2.75) is 64.3 Å². The van der Waals surface area contributed by atoms with E-state index in [9.17, 15) is 0 Å². The molecule has 0 amide bonds. The molecule has 0 aliphatic rings. The van der Waals surface area contributed by atoms with Crippen molar-refractivity contribution in [3.63, 3.8) is 0 Å². The van der Waals surface area contributed by atoms with Crippen molar-refractivity contribution in [3.8, 4) is 0 Å². The second-order valence-electron chi connectivity index (χ2n) is 4.88. The first-order valence-electron chi connectivity index (χ1n) is 6.55. The Bertz CT molecular complexity index is 147. The van der Waals surface area contributed by atoms with Gasteiger partial charge in [-0.2, -0.15) is 0 Å². The summed E-state index contributed by atoms with van der Waals surface area (Å²) in [4.78, 5) is 0. The molecule has 16 heavy (non-hydrogen) atoms. The molecule has 98 valence electrons. The van der Waals surface area contributed by atoms with Crippen molar-refractivity contribution in [1.29, 1.82) is 0 Å². The average Bonchev–Trinajstić information content (AvgIpc) is 2.32. The SMILES string of the molecule is CCCCCCCCCNC(C)(CCl)CCl. The van der Waals surface area contributed by atoms with E-state index in [1.807, 2.05) is 0 Å². The summed E-state index contributed by atoms with van der Waals surface area (Å²) in [5.41, 5.74) is -0.0919. The van der Waals surface area contributed by atoms with Gasteiger partial charge in [0.25, 0.3) is 0 Å². The highest BCUT2D eigenvalue weighted by atomic mass is 35.5. The molecule has 0 spiro atoms. The van der Waals surface area contributed by atoms with E-state index < -0.39 is 0 Å². The minimum atomic E-state index is -0.0919. The Morgan fingerprint density at radius 2 is 1.38 bits per heavy atom. The highest BCUT2D eigenvalue weighted by Gasteiger charge is 2.20. The first kappa shape index (κ1) is 16.5. The number of halogens is 2. The molecule has 0 aliphatic carbocycles. The summed E-state index contributed by atoms with van der Waals surface area (Å²) in [5, 5.41) is 3.43. The highest BCUT2D eigenvalue weighted by Crippen LogP contribution is 2.10. The zero-order valence-corrected chi connectivity index (χ0v) is 12.3. The van der Waals surface area contributed by atoms with Gasteiger partial charge in [0.15, 0.2) is 0 Å². The summed E-state index contributed by atoms with van der Waals surface area (Å²) < 4.78 is 0. The Morgan fingerprint density at radius 3 is 1.88 bits per heavy atom. The Balaban J connectivity index is 3.26. The van der Waals surface area contributed by atoms with E-state index in [1.54, 1.807) is 0 Å². The number of hydrogen-bond acceptors (Lipinski definition) is 1. The molecule has 0 aromatic rings. The summed E-state index contributed by atoms with van der Waals surface area (Å²) in [7, 11) is 0. The predicted molar refractivity (Wildman–Crippen MR) is 75.8 cm³/mol. The Labute approximate surface area is 111 Å². The fourth-order valence-electron chi connectivity index (χ4n) is 1.60. The van der Waals surface area contributed by atoms with Gasteiger partial charge in [-0.25, -0.2) is 0 Å². The number of alkyl halides is 2. The summed E-state index contributed by atoms with van der Waals surface area (Å²) in [6.07, 6.45) is 9.40. The number of unbranched alkanes of at least 4 members (excludes halogenated alkanes) is 6. The van der Waals surface area contributed by atoms with Crippen molar-refractivity contribution in [2.24, 2.45) is 0 Å². The largest absolute Gasteiger partial charge is 0.309 e. The average molecular weight is 268 g/mol. The smallest absolute Gasteiger partial charge is 0.0425 e. The van der Waals surface area contributed by atoms with E-state index in [-0.39, 0.29) is 5.54 Å². The van der Waals surface area contributed by atoms with Gasteiger partial charge in [0.1, 0.15) is 0 Å². The van der Waals surface area contributed by atoms with Gasteiger partial charge < -0.3 is 5.32 Å². The third-order valence-electron chi connectivity index (χ3n) is 2.92. The predicted octanol–water partition coefficient (Wildman–Crippen LogP) is 4.56. The van der Waals surface area contributed by atoms with Gasteiger partial charge in [0.05, 0.1) is 0 Å². The first-order chi connectivity index (χ1) is 7.68. The van der Waals surface area contributed by atoms with Crippen LogP contribution in [-0.2, 0) is 0 Å². The summed E-state index contributed by atoms with van der Waals surface area (Å²) in [5.74, 6) is 1.15. The second-order valence-corrected chi connectivity index (χ2v) is 5.41. The molecular weight excluding hydrogens is 241 g/mol. The van der Waals surface area contributed by atoms with E-state index in [0.29, 0.717) is 11.8 Å². The molecule has 0 radical (unpaired) electrons. The molecule has 0 unspecified atom stereocenters. The maximum Gasteiger partial charge on any atom is 0.0425 e. The van der Waals surface area contributed by atoms with E-state index in [0.717, 1.165) is 6.54 Å². The molecule has 3 heteroatoms. The molecule has 0 bridgehead atoms. The van der Waals surface area contributed by atoms with Crippen molar-refractivity contribution >= 4 is 23.2 Å². The standard InChI is InChI=1S/C13H27Cl2N/c1-3-4-5-6-7-8-9-10-16-13(2,11-14)12-15/h16H,3-12H2,1-2H3. The quantitative estimate of drug-likeness (QED) is 0.428. The van der Waals surface area contributed by atoms with E-state index in [1.165, 1.54) is 44.9 Å². The van der Waals surface area contributed by atoms with Crippen molar-refractivity contribution < 1.29 is 0 Å². The number of hydrogen-bond donors (Lipinski definition) is 1. The molecule has 0 saturated carbocycles. The molecule has 0 aromatic carbocycles. The molecule has 0 fully saturated rings. The molecule has 0 heterocycles. The Morgan fingerprint density at radius 1 is 0.875 bits per heavy atom. The minimum Gasteiger partial charge on any atom is -0.309 e. The van der Waals surface area contributed by atoms with Gasteiger partial charge in [-0.05, 0) is 19.9 Å². The summed E-state index contributed by atoms with van der Waals surface area (Å²) in [6.45, 7) is 5.36. The van der Waals surface area contributed by atoms with Gasteiger partial charge in [-0.3, -0.25) is 0 Å². The minimum absolute atomic E-state index is 0.0919.